The third kappa shape index (κ3) is 4.57. The number of piperidine rings is 1. The smallest absolute Gasteiger partial charge is 0.314 e. The van der Waals surface area contributed by atoms with Gasteiger partial charge < -0.3 is 16.0 Å². The number of carbonyl (C=O) groups is 1. The van der Waals surface area contributed by atoms with Gasteiger partial charge in [0, 0.05) is 30.7 Å². The highest BCUT2D eigenvalue weighted by Crippen LogP contribution is 2.24. The van der Waals surface area contributed by atoms with Gasteiger partial charge in [-0.15, -0.1) is 0 Å². The molecule has 0 spiro atoms. The Bertz CT molecular complexity index is 699. The lowest BCUT2D eigenvalue weighted by atomic mass is 9.95. The molecule has 1 atom stereocenters. The molecule has 3 N–H and O–H groups in total. The molecule has 1 aliphatic heterocycles. The van der Waals surface area contributed by atoms with E-state index in [9.17, 15) is 9.18 Å². The quantitative estimate of drug-likeness (QED) is 0.877. The summed E-state index contributed by atoms with van der Waals surface area (Å²) in [5.41, 5.74) is 7.19. The van der Waals surface area contributed by atoms with Crippen molar-refractivity contribution in [2.45, 2.75) is 31.3 Å². The number of nitrogens with one attached hydrogen (secondary N) is 1. The lowest BCUT2D eigenvalue weighted by Gasteiger charge is -2.34. The Labute approximate surface area is 147 Å². The molecule has 1 fully saturated rings. The van der Waals surface area contributed by atoms with Crippen LogP contribution in [0.5, 0.6) is 0 Å². The fraction of sp³-hybridized carbons (Fsp3) is 0.350. The summed E-state index contributed by atoms with van der Waals surface area (Å²) in [6, 6.07) is 16.8. The van der Waals surface area contributed by atoms with E-state index in [-0.39, 0.29) is 23.9 Å². The van der Waals surface area contributed by atoms with Crippen LogP contribution in [0.3, 0.4) is 0 Å². The Balaban J connectivity index is 1.73. The number of likely N-dealkylation sites (tertiary alicyclic amines) is 1. The first-order chi connectivity index (χ1) is 12.1. The van der Waals surface area contributed by atoms with Crippen molar-refractivity contribution >= 4 is 6.03 Å². The minimum atomic E-state index is -0.367. The number of nitrogens with two attached hydrogens (primary N) is 1. The molecule has 1 aliphatic rings. The van der Waals surface area contributed by atoms with Gasteiger partial charge in [-0.3, -0.25) is 0 Å². The average Bonchev–Trinajstić information content (AvgIpc) is 2.63. The standard InChI is InChI=1S/C20H24FN3O/c21-18-9-5-4-8-17(18)19(14-15-6-2-1-3-7-15)23-16-10-12-24(13-11-16)20(22)25/h1-9,16,19,23H,10-14H2,(H2,22,25)/t19-/m0/s1. The summed E-state index contributed by atoms with van der Waals surface area (Å²) in [5.74, 6) is -0.189. The second-order valence-corrected chi connectivity index (χ2v) is 6.53. The Kier molecular flexibility index (Phi) is 5.66. The highest BCUT2D eigenvalue weighted by molar-refractivity contribution is 5.72. The van der Waals surface area contributed by atoms with Crippen LogP contribution in [0.2, 0.25) is 0 Å². The maximum absolute atomic E-state index is 14.4. The molecule has 2 amide bonds. The molecule has 5 heteroatoms. The number of urea groups is 1. The van der Waals surface area contributed by atoms with Gasteiger partial charge >= 0.3 is 6.03 Å². The summed E-state index contributed by atoms with van der Waals surface area (Å²) in [6.07, 6.45) is 2.36. The maximum atomic E-state index is 14.4. The zero-order valence-corrected chi connectivity index (χ0v) is 14.2. The molecule has 2 aromatic rings. The van der Waals surface area contributed by atoms with Crippen LogP contribution >= 0.6 is 0 Å². The van der Waals surface area contributed by atoms with Gasteiger partial charge in [-0.25, -0.2) is 9.18 Å². The molecule has 4 nitrogen and oxygen atoms in total. The number of hydrogen-bond donors (Lipinski definition) is 2. The number of rotatable bonds is 5. The van der Waals surface area contributed by atoms with E-state index in [4.69, 9.17) is 5.73 Å². The van der Waals surface area contributed by atoms with Crippen LogP contribution in [0.4, 0.5) is 9.18 Å². The van der Waals surface area contributed by atoms with Crippen molar-refractivity contribution in [2.75, 3.05) is 13.1 Å². The summed E-state index contributed by atoms with van der Waals surface area (Å²) >= 11 is 0. The normalized spacial score (nSPS) is 16.6. The third-order valence-corrected chi connectivity index (χ3v) is 4.81. The fourth-order valence-electron chi connectivity index (χ4n) is 3.42. The second-order valence-electron chi connectivity index (χ2n) is 6.53. The van der Waals surface area contributed by atoms with Crippen LogP contribution in [0.15, 0.2) is 54.6 Å². The highest BCUT2D eigenvalue weighted by Gasteiger charge is 2.25. The zero-order valence-electron chi connectivity index (χ0n) is 14.2. The molecule has 0 aliphatic carbocycles. The Hall–Kier alpha value is -2.40. The monoisotopic (exact) mass is 341 g/mol. The van der Waals surface area contributed by atoms with Crippen LogP contribution in [0.1, 0.15) is 30.0 Å². The Morgan fingerprint density at radius 3 is 2.40 bits per heavy atom. The second kappa shape index (κ2) is 8.12. The van der Waals surface area contributed by atoms with Crippen molar-refractivity contribution in [1.82, 2.24) is 10.2 Å². The first-order valence-corrected chi connectivity index (χ1v) is 8.72. The van der Waals surface area contributed by atoms with E-state index in [1.807, 2.05) is 30.3 Å². The molecule has 2 aromatic carbocycles. The lowest BCUT2D eigenvalue weighted by Crippen LogP contribution is -2.47. The summed E-state index contributed by atoms with van der Waals surface area (Å²) in [5, 5.41) is 3.60. The Morgan fingerprint density at radius 1 is 1.12 bits per heavy atom. The molecule has 1 saturated heterocycles. The number of halogens is 1. The van der Waals surface area contributed by atoms with E-state index in [0.717, 1.165) is 24.8 Å². The van der Waals surface area contributed by atoms with Gasteiger partial charge in [0.2, 0.25) is 0 Å². The number of carbonyl (C=O) groups excluding carboxylic acids is 1. The lowest BCUT2D eigenvalue weighted by molar-refractivity contribution is 0.182. The van der Waals surface area contributed by atoms with E-state index in [1.165, 1.54) is 6.07 Å². The van der Waals surface area contributed by atoms with E-state index in [0.29, 0.717) is 18.7 Å². The number of amides is 2. The van der Waals surface area contributed by atoms with Crippen LogP contribution < -0.4 is 11.1 Å². The molecular weight excluding hydrogens is 317 g/mol. The van der Waals surface area contributed by atoms with Crippen molar-refractivity contribution in [3.63, 3.8) is 0 Å². The predicted octanol–water partition coefficient (Wildman–Crippen LogP) is 3.24. The van der Waals surface area contributed by atoms with Crippen LogP contribution in [-0.4, -0.2) is 30.1 Å². The van der Waals surface area contributed by atoms with Gasteiger partial charge in [0.25, 0.3) is 0 Å². The van der Waals surface area contributed by atoms with Gasteiger partial charge in [0.05, 0.1) is 0 Å². The largest absolute Gasteiger partial charge is 0.351 e. The van der Waals surface area contributed by atoms with Crippen molar-refractivity contribution in [2.24, 2.45) is 5.73 Å². The molecular formula is C20H24FN3O. The van der Waals surface area contributed by atoms with Crippen molar-refractivity contribution in [3.8, 4) is 0 Å². The van der Waals surface area contributed by atoms with Crippen molar-refractivity contribution < 1.29 is 9.18 Å². The summed E-state index contributed by atoms with van der Waals surface area (Å²) < 4.78 is 14.4. The van der Waals surface area contributed by atoms with E-state index < -0.39 is 0 Å². The molecule has 0 aromatic heterocycles. The molecule has 1 heterocycles. The molecule has 25 heavy (non-hydrogen) atoms. The summed E-state index contributed by atoms with van der Waals surface area (Å²) in [7, 11) is 0. The summed E-state index contributed by atoms with van der Waals surface area (Å²) in [4.78, 5) is 12.9. The van der Waals surface area contributed by atoms with E-state index in [1.54, 1.807) is 11.0 Å². The van der Waals surface area contributed by atoms with Crippen molar-refractivity contribution in [1.29, 1.82) is 0 Å². The number of hydrogen-bond acceptors (Lipinski definition) is 2. The van der Waals surface area contributed by atoms with Gasteiger partial charge in [-0.05, 0) is 30.9 Å². The minimum absolute atomic E-state index is 0.103. The highest BCUT2D eigenvalue weighted by atomic mass is 19.1. The number of primary amides is 1. The molecule has 0 bridgehead atoms. The van der Waals surface area contributed by atoms with Crippen LogP contribution in [-0.2, 0) is 6.42 Å². The molecule has 0 saturated carbocycles. The van der Waals surface area contributed by atoms with Crippen LogP contribution in [0, 0.1) is 5.82 Å². The SMILES string of the molecule is NC(=O)N1CCC(N[C@@H](Cc2ccccc2)c2ccccc2F)CC1. The molecule has 0 radical (unpaired) electrons. The number of benzene rings is 2. The summed E-state index contributed by atoms with van der Waals surface area (Å²) in [6.45, 7) is 1.28. The first kappa shape index (κ1) is 17.4. The molecule has 0 unspecified atom stereocenters. The molecule has 3 rings (SSSR count). The average molecular weight is 341 g/mol. The first-order valence-electron chi connectivity index (χ1n) is 8.72. The topological polar surface area (TPSA) is 58.4 Å². The van der Waals surface area contributed by atoms with Crippen molar-refractivity contribution in [3.05, 3.63) is 71.5 Å². The van der Waals surface area contributed by atoms with E-state index >= 15 is 0 Å². The maximum Gasteiger partial charge on any atom is 0.314 e. The van der Waals surface area contributed by atoms with Crippen LogP contribution in [0.25, 0.3) is 0 Å². The van der Waals surface area contributed by atoms with Gasteiger partial charge in [0.15, 0.2) is 0 Å². The van der Waals surface area contributed by atoms with Gasteiger partial charge in [-0.2, -0.15) is 0 Å². The Morgan fingerprint density at radius 2 is 1.76 bits per heavy atom. The fourth-order valence-corrected chi connectivity index (χ4v) is 3.42. The molecule has 132 valence electrons. The predicted molar refractivity (Wildman–Crippen MR) is 96.6 cm³/mol. The minimum Gasteiger partial charge on any atom is -0.351 e. The number of nitrogens with zero attached hydrogens (tertiary/aromatic N) is 1. The van der Waals surface area contributed by atoms with E-state index in [2.05, 4.69) is 17.4 Å². The third-order valence-electron chi connectivity index (χ3n) is 4.81. The van der Waals surface area contributed by atoms with Gasteiger partial charge in [-0.1, -0.05) is 48.5 Å². The van der Waals surface area contributed by atoms with Gasteiger partial charge in [0.1, 0.15) is 5.82 Å². The zero-order chi connectivity index (χ0) is 17.6.